The average Bonchev–Trinajstić information content (AvgIpc) is 2.95. The zero-order valence-corrected chi connectivity index (χ0v) is 16.5. The van der Waals surface area contributed by atoms with Crippen LogP contribution in [0.15, 0.2) is 53.4 Å². The van der Waals surface area contributed by atoms with Gasteiger partial charge < -0.3 is 14.9 Å². The maximum absolute atomic E-state index is 13.0. The third-order valence-corrected chi connectivity index (χ3v) is 5.52. The van der Waals surface area contributed by atoms with Gasteiger partial charge in [-0.05, 0) is 29.3 Å². The molecular weight excluding hydrogens is 398 g/mol. The molecule has 1 aliphatic rings. The van der Waals surface area contributed by atoms with Crippen LogP contribution in [-0.4, -0.2) is 38.4 Å². The molecule has 2 N–H and O–H groups in total. The number of carbonyl (C=O) groups is 2. The van der Waals surface area contributed by atoms with Crippen LogP contribution >= 0.6 is 24.0 Å². The molecule has 1 atom stereocenters. The summed E-state index contributed by atoms with van der Waals surface area (Å²) in [6.07, 6.45) is 1.39. The zero-order chi connectivity index (χ0) is 20.3. The minimum Gasteiger partial charge on any atom is -0.504 e. The van der Waals surface area contributed by atoms with Crippen molar-refractivity contribution in [1.29, 1.82) is 0 Å². The smallest absolute Gasteiger partial charge is 0.305 e. The highest BCUT2D eigenvalue weighted by atomic mass is 32.2. The molecule has 6 nitrogen and oxygen atoms in total. The number of amides is 1. The molecule has 0 saturated carbocycles. The first-order valence-corrected chi connectivity index (χ1v) is 9.54. The van der Waals surface area contributed by atoms with Crippen LogP contribution in [0.25, 0.3) is 6.08 Å². The van der Waals surface area contributed by atoms with Crippen molar-refractivity contribution in [3.05, 3.63) is 64.6 Å². The van der Waals surface area contributed by atoms with Crippen LogP contribution in [0.3, 0.4) is 0 Å². The number of aliphatic carboxylic acids is 1. The van der Waals surface area contributed by atoms with Crippen molar-refractivity contribution in [3.8, 4) is 11.5 Å². The van der Waals surface area contributed by atoms with Gasteiger partial charge in [0.1, 0.15) is 4.32 Å². The summed E-state index contributed by atoms with van der Waals surface area (Å²) in [7, 11) is 1.44. The van der Waals surface area contributed by atoms with Crippen LogP contribution in [0.5, 0.6) is 11.5 Å². The molecule has 1 fully saturated rings. The number of carboxylic acids is 1. The van der Waals surface area contributed by atoms with Gasteiger partial charge in [0.15, 0.2) is 11.5 Å². The van der Waals surface area contributed by atoms with Gasteiger partial charge in [0, 0.05) is 0 Å². The van der Waals surface area contributed by atoms with Crippen LogP contribution < -0.4 is 4.74 Å². The predicted octanol–water partition coefficient (Wildman–Crippen LogP) is 3.82. The molecule has 0 bridgehead atoms. The van der Waals surface area contributed by atoms with Crippen LogP contribution in [-0.2, 0) is 9.59 Å². The third kappa shape index (κ3) is 4.18. The first-order valence-electron chi connectivity index (χ1n) is 8.31. The van der Waals surface area contributed by atoms with E-state index < -0.39 is 12.0 Å². The Bertz CT molecular complexity index is 958. The average molecular weight is 415 g/mol. The second kappa shape index (κ2) is 8.45. The van der Waals surface area contributed by atoms with Crippen molar-refractivity contribution in [3.63, 3.8) is 0 Å². The number of rotatable bonds is 6. The maximum Gasteiger partial charge on any atom is 0.305 e. The third-order valence-electron chi connectivity index (χ3n) is 4.19. The molecule has 3 rings (SSSR count). The second-order valence-electron chi connectivity index (χ2n) is 6.01. The zero-order valence-electron chi connectivity index (χ0n) is 14.9. The number of benzene rings is 2. The summed E-state index contributed by atoms with van der Waals surface area (Å²) in [5.41, 5.74) is 1.36. The summed E-state index contributed by atoms with van der Waals surface area (Å²) in [6.45, 7) is 0. The largest absolute Gasteiger partial charge is 0.504 e. The molecule has 0 radical (unpaired) electrons. The molecule has 1 saturated heterocycles. The molecule has 2 aromatic rings. The fourth-order valence-corrected chi connectivity index (χ4v) is 4.24. The number of aromatic hydroxyl groups is 1. The minimum atomic E-state index is -1.02. The highest BCUT2D eigenvalue weighted by Crippen LogP contribution is 2.40. The topological polar surface area (TPSA) is 87.1 Å². The molecule has 144 valence electrons. The number of phenolic OH excluding ortho intramolecular Hbond substituents is 1. The Balaban J connectivity index is 1.94. The Hall–Kier alpha value is -2.84. The lowest BCUT2D eigenvalue weighted by Gasteiger charge is -2.26. The minimum absolute atomic E-state index is 0.00204. The number of ether oxygens (including phenoxy) is 1. The van der Waals surface area contributed by atoms with E-state index in [4.69, 9.17) is 17.0 Å². The molecule has 0 aliphatic carbocycles. The van der Waals surface area contributed by atoms with Crippen molar-refractivity contribution >= 4 is 46.3 Å². The highest BCUT2D eigenvalue weighted by molar-refractivity contribution is 8.26. The van der Waals surface area contributed by atoms with Gasteiger partial charge in [0.2, 0.25) is 0 Å². The molecule has 28 heavy (non-hydrogen) atoms. The molecule has 1 unspecified atom stereocenters. The summed E-state index contributed by atoms with van der Waals surface area (Å²) in [5, 5.41) is 19.0. The van der Waals surface area contributed by atoms with E-state index in [1.54, 1.807) is 42.5 Å². The van der Waals surface area contributed by atoms with E-state index in [-0.39, 0.29) is 23.8 Å². The molecule has 1 heterocycles. The number of phenols is 1. The quantitative estimate of drug-likeness (QED) is 0.548. The van der Waals surface area contributed by atoms with Gasteiger partial charge in [0.05, 0.1) is 24.5 Å². The lowest BCUT2D eigenvalue weighted by molar-refractivity contribution is -0.138. The summed E-state index contributed by atoms with van der Waals surface area (Å²) >= 11 is 6.50. The van der Waals surface area contributed by atoms with E-state index in [2.05, 4.69) is 0 Å². The standard InChI is InChI=1S/C20H17NO5S2/c1-26-16-9-12(7-8-15(16)22)10-17-19(25)21(20(27)28-17)14(11-18(23)24)13-5-3-2-4-6-13/h2-10,14,22H,11H2,1H3,(H,23,24)/b17-10+. The van der Waals surface area contributed by atoms with Gasteiger partial charge in [-0.1, -0.05) is 60.4 Å². The number of hydrogen-bond donors (Lipinski definition) is 2. The number of thioether (sulfide) groups is 1. The molecule has 1 aliphatic heterocycles. The summed E-state index contributed by atoms with van der Waals surface area (Å²) in [5.74, 6) is -1.08. The van der Waals surface area contributed by atoms with Gasteiger partial charge in [-0.3, -0.25) is 14.5 Å². The highest BCUT2D eigenvalue weighted by Gasteiger charge is 2.38. The van der Waals surface area contributed by atoms with E-state index in [0.29, 0.717) is 20.4 Å². The summed E-state index contributed by atoms with van der Waals surface area (Å²) in [4.78, 5) is 26.1. The molecule has 1 amide bonds. The van der Waals surface area contributed by atoms with Crippen molar-refractivity contribution in [2.75, 3.05) is 7.11 Å². The predicted molar refractivity (Wildman–Crippen MR) is 111 cm³/mol. The SMILES string of the molecule is COc1cc(/C=C2/SC(=S)N(C(CC(=O)O)c3ccccc3)C2=O)ccc1O. The Morgan fingerprint density at radius 2 is 2.00 bits per heavy atom. The lowest BCUT2D eigenvalue weighted by Crippen LogP contribution is -2.34. The van der Waals surface area contributed by atoms with Crippen molar-refractivity contribution in [2.24, 2.45) is 0 Å². The van der Waals surface area contributed by atoms with E-state index in [1.165, 1.54) is 18.1 Å². The Labute approximate surface area is 171 Å². The molecule has 2 aromatic carbocycles. The monoisotopic (exact) mass is 415 g/mol. The first kappa shape index (κ1) is 19.9. The number of methoxy groups -OCH3 is 1. The molecule has 0 aromatic heterocycles. The molecular formula is C20H17NO5S2. The number of carboxylic acid groups (broad SMARTS) is 1. The fourth-order valence-electron chi connectivity index (χ4n) is 2.88. The Kier molecular flexibility index (Phi) is 6.01. The van der Waals surface area contributed by atoms with Gasteiger partial charge in [-0.15, -0.1) is 0 Å². The van der Waals surface area contributed by atoms with Crippen LogP contribution in [0.1, 0.15) is 23.6 Å². The van der Waals surface area contributed by atoms with Crippen LogP contribution in [0, 0.1) is 0 Å². The number of carbonyl (C=O) groups excluding carboxylic acids is 1. The number of thiocarbonyl (C=S) groups is 1. The van der Waals surface area contributed by atoms with Crippen molar-refractivity contribution in [1.82, 2.24) is 4.90 Å². The number of nitrogens with zero attached hydrogens (tertiary/aromatic N) is 1. The fraction of sp³-hybridized carbons (Fsp3) is 0.150. The summed E-state index contributed by atoms with van der Waals surface area (Å²) < 4.78 is 5.39. The lowest BCUT2D eigenvalue weighted by atomic mass is 10.0. The Morgan fingerprint density at radius 3 is 2.64 bits per heavy atom. The van der Waals surface area contributed by atoms with Crippen molar-refractivity contribution < 1.29 is 24.5 Å². The number of hydrogen-bond acceptors (Lipinski definition) is 6. The molecule has 8 heteroatoms. The van der Waals surface area contributed by atoms with E-state index >= 15 is 0 Å². The van der Waals surface area contributed by atoms with Crippen LogP contribution in [0.2, 0.25) is 0 Å². The van der Waals surface area contributed by atoms with Gasteiger partial charge in [0.25, 0.3) is 5.91 Å². The second-order valence-corrected chi connectivity index (χ2v) is 7.68. The van der Waals surface area contributed by atoms with Gasteiger partial charge in [-0.2, -0.15) is 0 Å². The maximum atomic E-state index is 13.0. The summed E-state index contributed by atoms with van der Waals surface area (Å²) in [6, 6.07) is 13.0. The first-order chi connectivity index (χ1) is 13.4. The Morgan fingerprint density at radius 1 is 1.29 bits per heavy atom. The van der Waals surface area contributed by atoms with E-state index in [0.717, 1.165) is 11.8 Å². The van der Waals surface area contributed by atoms with E-state index in [9.17, 15) is 19.8 Å². The van der Waals surface area contributed by atoms with Gasteiger partial charge in [-0.25, -0.2) is 0 Å². The van der Waals surface area contributed by atoms with Crippen molar-refractivity contribution in [2.45, 2.75) is 12.5 Å². The van der Waals surface area contributed by atoms with E-state index in [1.807, 2.05) is 6.07 Å². The normalized spacial score (nSPS) is 16.5. The molecule has 0 spiro atoms. The van der Waals surface area contributed by atoms with Gasteiger partial charge >= 0.3 is 5.97 Å². The van der Waals surface area contributed by atoms with Crippen LogP contribution in [0.4, 0.5) is 0 Å².